The van der Waals surface area contributed by atoms with E-state index in [0.717, 1.165) is 5.06 Å². The van der Waals surface area contributed by atoms with Crippen molar-refractivity contribution in [3.05, 3.63) is 36.8 Å². The predicted molar refractivity (Wildman–Crippen MR) is 134 cm³/mol. The second-order valence-corrected chi connectivity index (χ2v) is 9.84. The van der Waals surface area contributed by atoms with Crippen molar-refractivity contribution in [3.8, 4) is 0 Å². The van der Waals surface area contributed by atoms with Gasteiger partial charge in [0, 0.05) is 24.4 Å². The zero-order chi connectivity index (χ0) is 28.9. The molecule has 0 saturated carbocycles. The Morgan fingerprint density at radius 1 is 1.10 bits per heavy atom. The predicted octanol–water partition coefficient (Wildman–Crippen LogP) is -0.320. The summed E-state index contributed by atoms with van der Waals surface area (Å²) in [5.74, 6) is -0.554. The molecule has 2 amide bonds. The molecule has 0 radical (unpaired) electrons. The number of carbonyl (C=O) groups is 4. The lowest BCUT2D eigenvalue weighted by molar-refractivity contribution is -0.272. The van der Waals surface area contributed by atoms with E-state index in [-0.39, 0.29) is 44.0 Å². The molecule has 3 fully saturated rings. The third-order valence-electron chi connectivity index (χ3n) is 6.47. The van der Waals surface area contributed by atoms with Gasteiger partial charge >= 0.3 is 12.3 Å². The molecule has 17 nitrogen and oxygen atoms in total. The van der Waals surface area contributed by atoms with Gasteiger partial charge in [-0.15, -0.1) is 5.10 Å². The number of morpholine rings is 1. The third kappa shape index (κ3) is 5.90. The van der Waals surface area contributed by atoms with Gasteiger partial charge in [0.05, 0.1) is 19.3 Å². The van der Waals surface area contributed by atoms with Crippen LogP contribution in [0.3, 0.4) is 0 Å². The number of thioether (sulfide) groups is 1. The number of carbonyl (C=O) groups excluding carboxylic acids is 4. The summed E-state index contributed by atoms with van der Waals surface area (Å²) in [5, 5.41) is 13.0. The summed E-state index contributed by atoms with van der Waals surface area (Å²) in [4.78, 5) is 58.3. The molecule has 0 bridgehead atoms. The van der Waals surface area contributed by atoms with Crippen molar-refractivity contribution in [2.24, 2.45) is 0 Å². The Bertz CT molecular complexity index is 1250. The molecule has 1 aromatic heterocycles. The van der Waals surface area contributed by atoms with Crippen molar-refractivity contribution >= 4 is 35.9 Å². The standard InChI is InChI=1S/C23H27N7O10S/c1-3-7-36-22(33)39-20-14(12-41-21-24-25-26-28(21)11-15(31)27-5-9-35-10-6-27)18-16-17(19(32)30(16)20)29(13-38-18)40-23(34)37-8-4-2/h3-4,16-18H,1-2,5-13H2/t16-,17-,18?/m0/s1. The van der Waals surface area contributed by atoms with Crippen molar-refractivity contribution in [2.45, 2.75) is 29.9 Å². The van der Waals surface area contributed by atoms with Crippen LogP contribution >= 0.6 is 11.8 Å². The van der Waals surface area contributed by atoms with Crippen LogP contribution in [0.1, 0.15) is 0 Å². The van der Waals surface area contributed by atoms with Gasteiger partial charge in [-0.2, -0.15) is 0 Å². The summed E-state index contributed by atoms with van der Waals surface area (Å²) in [6.45, 7) is 8.35. The maximum Gasteiger partial charge on any atom is 0.528 e. The number of aromatic nitrogens is 4. The van der Waals surface area contributed by atoms with Crippen LogP contribution in [0.4, 0.5) is 9.59 Å². The maximum absolute atomic E-state index is 13.2. The largest absolute Gasteiger partial charge is 0.528 e. The van der Waals surface area contributed by atoms with Crippen molar-refractivity contribution in [1.29, 1.82) is 0 Å². The quantitative estimate of drug-likeness (QED) is 0.141. The number of hydroxylamine groups is 2. The summed E-state index contributed by atoms with van der Waals surface area (Å²) in [6, 6.07) is -1.55. The van der Waals surface area contributed by atoms with Gasteiger partial charge in [-0.1, -0.05) is 42.1 Å². The minimum Gasteiger partial charge on any atom is -0.430 e. The highest BCUT2D eigenvalue weighted by molar-refractivity contribution is 7.99. The molecule has 220 valence electrons. The van der Waals surface area contributed by atoms with Crippen LogP contribution in [0, 0.1) is 0 Å². The number of amides is 2. The van der Waals surface area contributed by atoms with E-state index in [9.17, 15) is 19.2 Å². The molecule has 0 aliphatic carbocycles. The molecule has 5 rings (SSSR count). The fourth-order valence-corrected chi connectivity index (χ4v) is 5.57. The first-order valence-corrected chi connectivity index (χ1v) is 13.5. The Kier molecular flexibility index (Phi) is 8.81. The Balaban J connectivity index is 1.31. The number of tetrazole rings is 1. The first kappa shape index (κ1) is 28.5. The number of hydrogen-bond acceptors (Lipinski definition) is 15. The van der Waals surface area contributed by atoms with E-state index >= 15 is 0 Å². The van der Waals surface area contributed by atoms with E-state index in [2.05, 4.69) is 28.7 Å². The van der Waals surface area contributed by atoms with Crippen molar-refractivity contribution in [2.75, 3.05) is 52.0 Å². The average Bonchev–Trinajstić information content (AvgIpc) is 3.53. The van der Waals surface area contributed by atoms with Gasteiger partial charge in [-0.05, 0) is 10.4 Å². The molecule has 41 heavy (non-hydrogen) atoms. The van der Waals surface area contributed by atoms with Crippen LogP contribution in [-0.2, 0) is 44.7 Å². The minimum absolute atomic E-state index is 0.0534. The van der Waals surface area contributed by atoms with E-state index in [4.69, 9.17) is 28.5 Å². The van der Waals surface area contributed by atoms with Gasteiger partial charge in [0.25, 0.3) is 5.91 Å². The average molecular weight is 594 g/mol. The van der Waals surface area contributed by atoms with E-state index in [0.29, 0.717) is 37.0 Å². The second kappa shape index (κ2) is 12.7. The number of nitrogens with zero attached hydrogens (tertiary/aromatic N) is 7. The normalized spacial score (nSPS) is 23.4. The van der Waals surface area contributed by atoms with Crippen molar-refractivity contribution in [3.63, 3.8) is 0 Å². The highest BCUT2D eigenvalue weighted by atomic mass is 32.2. The summed E-state index contributed by atoms with van der Waals surface area (Å²) in [6.07, 6.45) is -0.0272. The topological polar surface area (TPSA) is 177 Å². The van der Waals surface area contributed by atoms with Crippen LogP contribution in [0.15, 0.2) is 41.9 Å². The lowest BCUT2D eigenvalue weighted by atomic mass is 9.90. The Hall–Kier alpha value is -4.00. The molecule has 18 heteroatoms. The van der Waals surface area contributed by atoms with Gasteiger partial charge in [0.15, 0.2) is 6.04 Å². The van der Waals surface area contributed by atoms with Gasteiger partial charge in [-0.3, -0.25) is 14.5 Å². The molecule has 1 unspecified atom stereocenters. The fraction of sp³-hybridized carbons (Fsp3) is 0.522. The highest BCUT2D eigenvalue weighted by Gasteiger charge is 2.65. The van der Waals surface area contributed by atoms with Gasteiger partial charge in [0.2, 0.25) is 16.9 Å². The number of hydrogen-bond donors (Lipinski definition) is 0. The highest BCUT2D eigenvalue weighted by Crippen LogP contribution is 2.46. The van der Waals surface area contributed by atoms with E-state index in [1.807, 2.05) is 0 Å². The Morgan fingerprint density at radius 3 is 2.56 bits per heavy atom. The molecule has 0 aromatic carbocycles. The molecule has 0 N–H and O–H groups in total. The van der Waals surface area contributed by atoms with Crippen LogP contribution in [0.25, 0.3) is 0 Å². The number of rotatable bonds is 11. The van der Waals surface area contributed by atoms with Gasteiger partial charge < -0.3 is 33.4 Å². The molecular formula is C23H27N7O10S. The zero-order valence-electron chi connectivity index (χ0n) is 21.8. The smallest absolute Gasteiger partial charge is 0.430 e. The lowest BCUT2D eigenvalue weighted by Crippen LogP contribution is -2.74. The summed E-state index contributed by atoms with van der Waals surface area (Å²) in [5.41, 5.74) is 0.453. The van der Waals surface area contributed by atoms with Gasteiger partial charge in [0.1, 0.15) is 32.6 Å². The molecular weight excluding hydrogens is 566 g/mol. The molecule has 4 aliphatic rings. The van der Waals surface area contributed by atoms with Crippen molar-refractivity contribution in [1.82, 2.24) is 35.1 Å². The molecule has 4 aliphatic heterocycles. The molecule has 5 heterocycles. The van der Waals surface area contributed by atoms with Crippen LogP contribution < -0.4 is 0 Å². The summed E-state index contributed by atoms with van der Waals surface area (Å²) >= 11 is 1.17. The summed E-state index contributed by atoms with van der Waals surface area (Å²) in [7, 11) is 0. The second-order valence-electron chi connectivity index (χ2n) is 8.90. The maximum atomic E-state index is 13.2. The first-order chi connectivity index (χ1) is 19.9. The number of ether oxygens (including phenoxy) is 5. The van der Waals surface area contributed by atoms with E-state index in [1.165, 1.54) is 33.5 Å². The molecule has 3 saturated heterocycles. The SMILES string of the molecule is C=CCOC(=O)OC1=C(CSc2nnnn2CC(=O)N2CCOCC2)C2OCN(OC(=O)OCC=C)[C@@H]3C(=O)N1[C@H]23. The molecule has 0 spiro atoms. The molecule has 1 aromatic rings. The van der Waals surface area contributed by atoms with Gasteiger partial charge in [-0.25, -0.2) is 14.3 Å². The third-order valence-corrected chi connectivity index (χ3v) is 7.47. The van der Waals surface area contributed by atoms with E-state index < -0.39 is 36.4 Å². The first-order valence-electron chi connectivity index (χ1n) is 12.5. The van der Waals surface area contributed by atoms with Crippen molar-refractivity contribution < 1.29 is 47.7 Å². The zero-order valence-corrected chi connectivity index (χ0v) is 22.6. The lowest BCUT2D eigenvalue weighted by Gasteiger charge is -2.50. The summed E-state index contributed by atoms with van der Waals surface area (Å²) < 4.78 is 27.8. The number of β-lactam (4-membered cyclic amide) rings is 1. The van der Waals surface area contributed by atoms with Crippen LogP contribution in [-0.4, -0.2) is 129 Å². The van der Waals surface area contributed by atoms with Crippen LogP contribution in [0.2, 0.25) is 0 Å². The van der Waals surface area contributed by atoms with E-state index in [1.54, 1.807) is 4.90 Å². The fourth-order valence-electron chi connectivity index (χ4n) is 4.65. The minimum atomic E-state index is -1.04. The monoisotopic (exact) mass is 593 g/mol. The Labute approximate surface area is 237 Å². The van der Waals surface area contributed by atoms with Crippen LogP contribution in [0.5, 0.6) is 0 Å². The molecule has 3 atom stereocenters. The Morgan fingerprint density at radius 2 is 1.83 bits per heavy atom.